The maximum atomic E-state index is 11.9. The average Bonchev–Trinajstić information content (AvgIpc) is 2.37. The van der Waals surface area contributed by atoms with E-state index in [0.717, 1.165) is 12.0 Å². The number of hydrogen-bond donors (Lipinski definition) is 2. The molecule has 0 amide bonds. The van der Waals surface area contributed by atoms with Crippen LogP contribution in [0.1, 0.15) is 10.4 Å². The number of aromatic nitrogens is 1. The van der Waals surface area contributed by atoms with Crippen LogP contribution in [0.4, 0.5) is 11.5 Å². The third kappa shape index (κ3) is 2.98. The minimum atomic E-state index is -3.33. The number of thioether (sulfide) groups is 1. The number of rotatable bonds is 3. The van der Waals surface area contributed by atoms with Gasteiger partial charge in [0.2, 0.25) is 0 Å². The third-order valence-corrected chi connectivity index (χ3v) is 5.61. The van der Waals surface area contributed by atoms with Crippen molar-refractivity contribution in [1.82, 2.24) is 4.98 Å². The van der Waals surface area contributed by atoms with Crippen LogP contribution >= 0.6 is 11.8 Å². The van der Waals surface area contributed by atoms with E-state index in [0.29, 0.717) is 12.3 Å². The van der Waals surface area contributed by atoms with Crippen molar-refractivity contribution >= 4 is 39.1 Å². The van der Waals surface area contributed by atoms with Crippen LogP contribution in [0.3, 0.4) is 0 Å². The molecule has 0 aliphatic carbocycles. The lowest BCUT2D eigenvalue weighted by molar-refractivity contribution is 0.0697. The molecule has 20 heavy (non-hydrogen) atoms. The molecule has 1 aromatic heterocycles. The summed E-state index contributed by atoms with van der Waals surface area (Å²) in [5.41, 5.74) is 5.70. The molecule has 0 spiro atoms. The molecule has 9 heteroatoms. The molecule has 1 unspecified atom stereocenters. The van der Waals surface area contributed by atoms with Gasteiger partial charge in [-0.3, -0.25) is 0 Å². The van der Waals surface area contributed by atoms with Crippen molar-refractivity contribution in [3.05, 3.63) is 17.8 Å². The molecule has 1 aliphatic heterocycles. The Kier molecular flexibility index (Phi) is 4.09. The first-order valence-electron chi connectivity index (χ1n) is 5.83. The van der Waals surface area contributed by atoms with Crippen molar-refractivity contribution in [3.63, 3.8) is 0 Å². The predicted octanol–water partition coefficient (Wildman–Crippen LogP) is 0.286. The number of pyridine rings is 1. The highest BCUT2D eigenvalue weighted by atomic mass is 32.2. The van der Waals surface area contributed by atoms with Crippen LogP contribution in [0, 0.1) is 0 Å². The van der Waals surface area contributed by atoms with Crippen LogP contribution in [0.5, 0.6) is 0 Å². The first-order valence-corrected chi connectivity index (χ1v) is 8.93. The molecular formula is C11H15N3O4S2. The largest absolute Gasteiger partial charge is 0.478 e. The van der Waals surface area contributed by atoms with Crippen molar-refractivity contribution < 1.29 is 18.3 Å². The second kappa shape index (κ2) is 5.49. The van der Waals surface area contributed by atoms with E-state index in [-0.39, 0.29) is 17.1 Å². The molecule has 0 saturated carbocycles. The molecule has 7 nitrogen and oxygen atoms in total. The number of nitrogens with zero attached hydrogens (tertiary/aromatic N) is 2. The van der Waals surface area contributed by atoms with Crippen molar-refractivity contribution in [3.8, 4) is 0 Å². The highest BCUT2D eigenvalue weighted by Crippen LogP contribution is 2.28. The Labute approximate surface area is 121 Å². The number of hydrogen-bond acceptors (Lipinski definition) is 7. The first-order chi connectivity index (χ1) is 9.30. The Morgan fingerprint density at radius 2 is 2.30 bits per heavy atom. The summed E-state index contributed by atoms with van der Waals surface area (Å²) in [7, 11) is -3.33. The molecule has 2 heterocycles. The lowest BCUT2D eigenvalue weighted by Gasteiger charge is -2.35. The smallest absolute Gasteiger partial charge is 0.339 e. The van der Waals surface area contributed by atoms with E-state index in [1.54, 1.807) is 0 Å². The Bertz CT molecular complexity index is 633. The number of aromatic carboxylic acids is 1. The zero-order valence-corrected chi connectivity index (χ0v) is 12.4. The van der Waals surface area contributed by atoms with Gasteiger partial charge >= 0.3 is 5.97 Å². The molecule has 1 aromatic rings. The summed E-state index contributed by atoms with van der Waals surface area (Å²) in [6.45, 7) is 0.430. The monoisotopic (exact) mass is 317 g/mol. The minimum Gasteiger partial charge on any atom is -0.478 e. The fourth-order valence-electron chi connectivity index (χ4n) is 2.04. The van der Waals surface area contributed by atoms with E-state index in [2.05, 4.69) is 4.98 Å². The molecule has 110 valence electrons. The summed E-state index contributed by atoms with van der Waals surface area (Å²) in [4.78, 5) is 16.9. The van der Waals surface area contributed by atoms with E-state index >= 15 is 0 Å². The SMILES string of the molecule is CS(=O)(=O)C1CSCCN1c1ncc(N)cc1C(=O)O. The number of carboxylic acid groups (broad SMARTS) is 1. The maximum absolute atomic E-state index is 11.9. The maximum Gasteiger partial charge on any atom is 0.339 e. The topological polar surface area (TPSA) is 114 Å². The molecule has 0 aromatic carbocycles. The number of nitrogens with two attached hydrogens (primary N) is 1. The number of sulfone groups is 1. The predicted molar refractivity (Wildman–Crippen MR) is 78.9 cm³/mol. The van der Waals surface area contributed by atoms with Gasteiger partial charge in [0.15, 0.2) is 9.84 Å². The normalized spacial score (nSPS) is 19.9. The van der Waals surface area contributed by atoms with Gasteiger partial charge in [-0.25, -0.2) is 18.2 Å². The first kappa shape index (κ1) is 14.9. The highest BCUT2D eigenvalue weighted by Gasteiger charge is 2.34. The van der Waals surface area contributed by atoms with E-state index in [1.807, 2.05) is 0 Å². The quantitative estimate of drug-likeness (QED) is 0.817. The second-order valence-electron chi connectivity index (χ2n) is 4.50. The summed E-state index contributed by atoms with van der Waals surface area (Å²) >= 11 is 1.52. The molecular weight excluding hydrogens is 302 g/mol. The Hall–Kier alpha value is -1.48. The van der Waals surface area contributed by atoms with Crippen molar-refractivity contribution in [2.45, 2.75) is 5.37 Å². The van der Waals surface area contributed by atoms with Gasteiger partial charge in [-0.15, -0.1) is 0 Å². The zero-order chi connectivity index (χ0) is 14.9. The van der Waals surface area contributed by atoms with Crippen LogP contribution in [0.2, 0.25) is 0 Å². The van der Waals surface area contributed by atoms with Crippen molar-refractivity contribution in [1.29, 1.82) is 0 Å². The summed E-state index contributed by atoms with van der Waals surface area (Å²) in [5.74, 6) is 0.0915. The third-order valence-electron chi connectivity index (χ3n) is 2.97. The molecule has 1 saturated heterocycles. The van der Waals surface area contributed by atoms with E-state index in [1.165, 1.54) is 28.9 Å². The standard InChI is InChI=1S/C11H15N3O4S2/c1-20(17,18)9-6-19-3-2-14(9)10-8(11(15)16)4-7(12)5-13-10/h4-5,9H,2-3,6,12H2,1H3,(H,15,16). The van der Waals surface area contributed by atoms with Crippen LogP contribution in [-0.2, 0) is 9.84 Å². The molecule has 0 radical (unpaired) electrons. The lowest BCUT2D eigenvalue weighted by Crippen LogP contribution is -2.48. The number of nitrogen functional groups attached to an aromatic ring is 1. The lowest BCUT2D eigenvalue weighted by atomic mass is 10.2. The summed E-state index contributed by atoms with van der Waals surface area (Å²) in [6.07, 6.45) is 2.48. The van der Waals surface area contributed by atoms with Gasteiger partial charge in [0.05, 0.1) is 11.9 Å². The molecule has 3 N–H and O–H groups in total. The average molecular weight is 317 g/mol. The van der Waals surface area contributed by atoms with Crippen molar-refractivity contribution in [2.24, 2.45) is 0 Å². The van der Waals surface area contributed by atoms with E-state index < -0.39 is 21.2 Å². The number of anilines is 2. The fourth-order valence-corrected chi connectivity index (χ4v) is 4.86. The molecule has 1 atom stereocenters. The minimum absolute atomic E-state index is 0.0782. The Morgan fingerprint density at radius 1 is 1.60 bits per heavy atom. The number of carbonyl (C=O) groups is 1. The molecule has 2 rings (SSSR count). The molecule has 1 aliphatic rings. The van der Waals surface area contributed by atoms with Gasteiger partial charge in [-0.05, 0) is 6.07 Å². The summed E-state index contributed by atoms with van der Waals surface area (Å²) in [6, 6.07) is 1.30. The van der Waals surface area contributed by atoms with Gasteiger partial charge in [0.25, 0.3) is 0 Å². The number of carboxylic acids is 1. The molecule has 1 fully saturated rings. The van der Waals surface area contributed by atoms with Crippen molar-refractivity contribution in [2.75, 3.05) is 34.9 Å². The zero-order valence-electron chi connectivity index (χ0n) is 10.8. The van der Waals surface area contributed by atoms with Gasteiger partial charge in [0, 0.05) is 24.3 Å². The van der Waals surface area contributed by atoms with Gasteiger partial charge in [-0.1, -0.05) is 0 Å². The Morgan fingerprint density at radius 3 is 2.90 bits per heavy atom. The van der Waals surface area contributed by atoms with Gasteiger partial charge in [0.1, 0.15) is 16.8 Å². The summed E-state index contributed by atoms with van der Waals surface area (Å²) < 4.78 is 23.7. The van der Waals surface area contributed by atoms with Gasteiger partial charge in [-0.2, -0.15) is 11.8 Å². The van der Waals surface area contributed by atoms with E-state index in [4.69, 9.17) is 5.73 Å². The fraction of sp³-hybridized carbons (Fsp3) is 0.455. The van der Waals surface area contributed by atoms with E-state index in [9.17, 15) is 18.3 Å². The molecule has 0 bridgehead atoms. The van der Waals surface area contributed by atoms with Crippen LogP contribution < -0.4 is 10.6 Å². The highest BCUT2D eigenvalue weighted by molar-refractivity contribution is 8.01. The second-order valence-corrected chi connectivity index (χ2v) is 7.85. The Balaban J connectivity index is 2.50. The van der Waals surface area contributed by atoms with Crippen LogP contribution in [0.15, 0.2) is 12.3 Å². The summed E-state index contributed by atoms with van der Waals surface area (Å²) in [5, 5.41) is 8.46. The van der Waals surface area contributed by atoms with Crippen LogP contribution in [-0.4, -0.2) is 54.2 Å². The van der Waals surface area contributed by atoms with Crippen LogP contribution in [0.25, 0.3) is 0 Å². The van der Waals surface area contributed by atoms with Gasteiger partial charge < -0.3 is 15.7 Å².